The Balaban J connectivity index is 0. The summed E-state index contributed by atoms with van der Waals surface area (Å²) >= 11 is 0. The first-order chi connectivity index (χ1) is 4.55. The van der Waals surface area contributed by atoms with Crippen LogP contribution in [0.3, 0.4) is 0 Å². The molecule has 1 aliphatic rings. The second kappa shape index (κ2) is 6.64. The van der Waals surface area contributed by atoms with Crippen molar-refractivity contribution in [3.8, 4) is 0 Å². The third-order valence-electron chi connectivity index (χ3n) is 1.24. The van der Waals surface area contributed by atoms with Crippen LogP contribution in [0.15, 0.2) is 0 Å². The molecule has 0 aromatic carbocycles. The van der Waals surface area contributed by atoms with Gasteiger partial charge >= 0.3 is 103 Å². The largest absolute Gasteiger partial charge is 1.00 e. The third-order valence-corrected chi connectivity index (χ3v) is 1.24. The van der Waals surface area contributed by atoms with Crippen LogP contribution < -0.4 is 113 Å². The summed E-state index contributed by atoms with van der Waals surface area (Å²) in [5.41, 5.74) is 0. The van der Waals surface area contributed by atoms with E-state index in [4.69, 9.17) is 0 Å². The smallest absolute Gasteiger partial charge is 0.847 e. The van der Waals surface area contributed by atoms with E-state index in [1.807, 2.05) is 0 Å². The molecule has 1 rings (SSSR count). The Kier molecular flexibility index (Phi) is 9.20. The number of hydrogen-bond donors (Lipinski definition) is 0. The van der Waals surface area contributed by atoms with Gasteiger partial charge in [-0.25, -0.2) is 0 Å². The van der Waals surface area contributed by atoms with Crippen molar-refractivity contribution in [2.45, 2.75) is 12.2 Å². The summed E-state index contributed by atoms with van der Waals surface area (Å²) in [7, 11) is 0. The summed E-state index contributed by atoms with van der Waals surface area (Å²) in [6.45, 7) is 0. The van der Waals surface area contributed by atoms with Gasteiger partial charge in [0, 0.05) is 0 Å². The fourth-order valence-corrected chi connectivity index (χ4v) is 0.655. The van der Waals surface area contributed by atoms with Crippen LogP contribution in [0.2, 0.25) is 0 Å². The number of carbonyl (C=O) groups excluding carboxylic acids is 3. The maximum Gasteiger partial charge on any atom is 1.00 e. The normalized spacial score (nSPS) is 28.0. The van der Waals surface area contributed by atoms with E-state index in [-0.39, 0.29) is 103 Å². The molecule has 0 aromatic rings. The minimum atomic E-state index is -2.21. The van der Waals surface area contributed by atoms with E-state index in [1.54, 1.807) is 0 Å². The van der Waals surface area contributed by atoms with E-state index >= 15 is 0 Å². The van der Waals surface area contributed by atoms with Gasteiger partial charge in [-0.05, 0) is 0 Å². The molecule has 0 radical (unpaired) electrons. The van der Waals surface area contributed by atoms with Crippen molar-refractivity contribution in [3.05, 3.63) is 0 Å². The Morgan fingerprint density at radius 3 is 1.17 bits per heavy atom. The number of rotatable bonds is 0. The second-order valence-electron chi connectivity index (χ2n) is 1.90. The van der Waals surface area contributed by atoms with E-state index in [0.29, 0.717) is 0 Å². The van der Waals surface area contributed by atoms with E-state index < -0.39 is 29.6 Å². The summed E-state index contributed by atoms with van der Waals surface area (Å²) in [5.74, 6) is -4.24. The van der Waals surface area contributed by atoms with Crippen molar-refractivity contribution in [1.82, 2.24) is 0 Å². The molecule has 1 saturated carbocycles. The van der Waals surface area contributed by atoms with Crippen LogP contribution in [-0.2, 0) is 14.4 Å². The monoisotopic (exact) mass is 220 g/mol. The number of carbonyl (C=O) groups is 3. The van der Waals surface area contributed by atoms with Crippen LogP contribution >= 0.6 is 0 Å². The molecule has 0 bridgehead atoms. The zero-order chi connectivity index (χ0) is 7.89. The predicted octanol–water partition coefficient (Wildman–Crippen LogP) is -9.83. The Labute approximate surface area is 153 Å². The van der Waals surface area contributed by atoms with Crippen LogP contribution in [0.4, 0.5) is 0 Å². The first kappa shape index (κ1) is 16.6. The van der Waals surface area contributed by atoms with Gasteiger partial charge in [0.1, 0.15) is 0 Å². The van der Waals surface area contributed by atoms with Gasteiger partial charge < -0.3 is 10.2 Å². The predicted molar refractivity (Wildman–Crippen MR) is 22.6 cm³/mol. The fourth-order valence-electron chi connectivity index (χ4n) is 0.655. The van der Waals surface area contributed by atoms with Gasteiger partial charge in [-0.1, -0.05) is 12.2 Å². The van der Waals surface area contributed by atoms with Crippen molar-refractivity contribution in [2.75, 3.05) is 0 Å². The molecule has 0 aromatic heterocycles. The molecule has 54 valence electrons. The Bertz CT molecular complexity index is 204. The Hall–Kier alpha value is 2.20. The SMILES string of the molecule is O=C1C(=O)C([O-])C([O-])C1=O.[K+].[K+]. The van der Waals surface area contributed by atoms with Gasteiger partial charge in [0.15, 0.2) is 11.6 Å². The van der Waals surface area contributed by atoms with Crippen molar-refractivity contribution in [1.29, 1.82) is 0 Å². The maximum atomic E-state index is 10.3. The molecule has 2 atom stereocenters. The van der Waals surface area contributed by atoms with E-state index in [0.717, 1.165) is 0 Å². The first-order valence-corrected chi connectivity index (χ1v) is 2.49. The van der Waals surface area contributed by atoms with E-state index in [1.165, 1.54) is 0 Å². The maximum absolute atomic E-state index is 10.3. The average Bonchev–Trinajstić information content (AvgIpc) is 2.07. The molecule has 0 amide bonds. The van der Waals surface area contributed by atoms with Crippen LogP contribution in [-0.4, -0.2) is 29.6 Å². The molecule has 0 N–H and O–H groups in total. The Morgan fingerprint density at radius 1 is 0.833 bits per heavy atom. The van der Waals surface area contributed by atoms with Gasteiger partial charge in [-0.15, -0.1) is 0 Å². The van der Waals surface area contributed by atoms with Crippen molar-refractivity contribution >= 4 is 17.3 Å². The van der Waals surface area contributed by atoms with Crippen LogP contribution in [0, 0.1) is 0 Å². The van der Waals surface area contributed by atoms with Crippen molar-refractivity contribution < 1.29 is 127 Å². The molecule has 1 fully saturated rings. The molecular formula is C5H2K2O5. The van der Waals surface area contributed by atoms with Gasteiger partial charge in [0.25, 0.3) is 5.78 Å². The first-order valence-electron chi connectivity index (χ1n) is 2.49. The molecule has 12 heavy (non-hydrogen) atoms. The van der Waals surface area contributed by atoms with Crippen LogP contribution in [0.5, 0.6) is 0 Å². The number of hydrogen-bond acceptors (Lipinski definition) is 5. The Morgan fingerprint density at radius 2 is 1.08 bits per heavy atom. The van der Waals surface area contributed by atoms with Crippen molar-refractivity contribution in [2.24, 2.45) is 0 Å². The van der Waals surface area contributed by atoms with Crippen LogP contribution in [0.25, 0.3) is 0 Å². The summed E-state index contributed by atoms with van der Waals surface area (Å²) in [5, 5.41) is 20.6. The van der Waals surface area contributed by atoms with Crippen molar-refractivity contribution in [3.63, 3.8) is 0 Å². The molecule has 0 saturated heterocycles. The minimum absolute atomic E-state index is 0. The third kappa shape index (κ3) is 3.11. The zero-order valence-corrected chi connectivity index (χ0v) is 12.9. The molecule has 7 heteroatoms. The number of Topliss-reactive ketones (excluding diaryl/α,β-unsaturated/α-hetero) is 3. The van der Waals surface area contributed by atoms with E-state index in [2.05, 4.69) is 0 Å². The molecule has 5 nitrogen and oxygen atoms in total. The topological polar surface area (TPSA) is 97.3 Å². The van der Waals surface area contributed by atoms with Gasteiger partial charge in [0.05, 0.1) is 0 Å². The van der Waals surface area contributed by atoms with Gasteiger partial charge in [-0.2, -0.15) is 0 Å². The zero-order valence-electron chi connectivity index (χ0n) is 6.70. The average molecular weight is 220 g/mol. The van der Waals surface area contributed by atoms with Gasteiger partial charge in [-0.3, -0.25) is 14.4 Å². The molecule has 0 spiro atoms. The summed E-state index contributed by atoms with van der Waals surface area (Å²) in [4.78, 5) is 30.7. The molecule has 1 aliphatic carbocycles. The minimum Gasteiger partial charge on any atom is -0.847 e. The molecule has 0 heterocycles. The quantitative estimate of drug-likeness (QED) is 0.298. The number of ketones is 3. The standard InChI is InChI=1S/C5H2O5.2K/c6-1-2(7)4(9)5(10)3(1)8;;/h1-2H;;/q-2;2*+1. The molecule has 2 unspecified atom stereocenters. The molecular weight excluding hydrogens is 218 g/mol. The second-order valence-corrected chi connectivity index (χ2v) is 1.90. The molecule has 0 aliphatic heterocycles. The summed E-state index contributed by atoms with van der Waals surface area (Å²) in [6.07, 6.45) is -4.42. The summed E-state index contributed by atoms with van der Waals surface area (Å²) in [6, 6.07) is 0. The van der Waals surface area contributed by atoms with Crippen LogP contribution in [0.1, 0.15) is 0 Å². The summed E-state index contributed by atoms with van der Waals surface area (Å²) < 4.78 is 0. The fraction of sp³-hybridized carbons (Fsp3) is 0.400. The van der Waals surface area contributed by atoms with Gasteiger partial charge in [0.2, 0.25) is 0 Å². The van der Waals surface area contributed by atoms with E-state index in [9.17, 15) is 24.6 Å².